The number of aromatic nitrogens is 4. The summed E-state index contributed by atoms with van der Waals surface area (Å²) in [7, 11) is 1.68. The molecule has 0 bridgehead atoms. The fourth-order valence-corrected chi connectivity index (χ4v) is 2.76. The molecule has 2 heterocycles. The molecule has 4 aromatic rings. The Balaban J connectivity index is 1.88. The van der Waals surface area contributed by atoms with Crippen LogP contribution in [-0.4, -0.2) is 33.3 Å². The number of para-hydroxylation sites is 2. The van der Waals surface area contributed by atoms with E-state index in [9.17, 15) is 0 Å². The van der Waals surface area contributed by atoms with Crippen molar-refractivity contribution in [3.8, 4) is 0 Å². The van der Waals surface area contributed by atoms with Gasteiger partial charge in [0.05, 0.1) is 12.1 Å². The first-order chi connectivity index (χ1) is 11.9. The van der Waals surface area contributed by atoms with Crippen molar-refractivity contribution in [2.24, 2.45) is 0 Å². The quantitative estimate of drug-likeness (QED) is 0.612. The number of fused-ring (bicyclic) bond motifs is 3. The summed E-state index contributed by atoms with van der Waals surface area (Å²) < 4.78 is 7.16. The highest BCUT2D eigenvalue weighted by Crippen LogP contribution is 2.26. The molecule has 0 aliphatic carbocycles. The number of anilines is 2. The van der Waals surface area contributed by atoms with Crippen LogP contribution in [0.1, 0.15) is 5.82 Å². The van der Waals surface area contributed by atoms with Crippen LogP contribution in [0.2, 0.25) is 0 Å². The van der Waals surface area contributed by atoms with Gasteiger partial charge < -0.3 is 10.1 Å². The van der Waals surface area contributed by atoms with Crippen LogP contribution in [0.5, 0.6) is 0 Å². The molecule has 1 N–H and O–H groups in total. The number of methoxy groups -OCH3 is 1. The number of nitrogens with one attached hydrogen (secondary N) is 1. The van der Waals surface area contributed by atoms with Crippen LogP contribution in [0.4, 0.5) is 11.5 Å². The maximum Gasteiger partial charge on any atom is 0.257 e. The predicted molar refractivity (Wildman–Crippen MR) is 93.6 cm³/mol. The van der Waals surface area contributed by atoms with Gasteiger partial charge in [-0.15, -0.1) is 10.2 Å². The molecule has 2 aromatic carbocycles. The normalized spacial score (nSPS) is 11.2. The van der Waals surface area contributed by atoms with Crippen LogP contribution in [0, 0.1) is 0 Å². The molecule has 0 spiro atoms. The highest BCUT2D eigenvalue weighted by molar-refractivity contribution is 5.92. The largest absolute Gasteiger partial charge is 0.384 e. The van der Waals surface area contributed by atoms with Gasteiger partial charge in [-0.25, -0.2) is 0 Å². The molecule has 6 nitrogen and oxygen atoms in total. The fourth-order valence-electron chi connectivity index (χ4n) is 2.76. The van der Waals surface area contributed by atoms with Crippen molar-refractivity contribution >= 4 is 28.2 Å². The maximum absolute atomic E-state index is 5.16. The van der Waals surface area contributed by atoms with Crippen LogP contribution in [0.15, 0.2) is 54.6 Å². The smallest absolute Gasteiger partial charge is 0.257 e. The molecule has 24 heavy (non-hydrogen) atoms. The summed E-state index contributed by atoms with van der Waals surface area (Å²) in [4.78, 5) is 4.66. The van der Waals surface area contributed by atoms with Crippen LogP contribution in [0.25, 0.3) is 16.7 Å². The van der Waals surface area contributed by atoms with E-state index in [0.29, 0.717) is 18.8 Å². The number of hydrogen-bond donors (Lipinski definition) is 1. The van der Waals surface area contributed by atoms with Gasteiger partial charge in [-0.3, -0.25) is 4.40 Å². The van der Waals surface area contributed by atoms with Crippen molar-refractivity contribution < 1.29 is 4.74 Å². The highest BCUT2D eigenvalue weighted by Gasteiger charge is 2.13. The second kappa shape index (κ2) is 6.25. The molecule has 0 atom stereocenters. The number of hydrogen-bond acceptors (Lipinski definition) is 5. The zero-order chi connectivity index (χ0) is 16.4. The molecule has 2 aromatic heterocycles. The lowest BCUT2D eigenvalue weighted by molar-refractivity contribution is 0.200. The van der Waals surface area contributed by atoms with Gasteiger partial charge in [0.15, 0.2) is 0 Å². The summed E-state index contributed by atoms with van der Waals surface area (Å²) in [6, 6.07) is 18.1. The Morgan fingerprint density at radius 2 is 1.79 bits per heavy atom. The lowest BCUT2D eigenvalue weighted by Crippen LogP contribution is -2.04. The van der Waals surface area contributed by atoms with Gasteiger partial charge >= 0.3 is 0 Å². The van der Waals surface area contributed by atoms with Crippen molar-refractivity contribution in [2.75, 3.05) is 19.0 Å². The third-order valence-electron chi connectivity index (χ3n) is 3.89. The summed E-state index contributed by atoms with van der Waals surface area (Å²) >= 11 is 0. The third kappa shape index (κ3) is 2.57. The van der Waals surface area contributed by atoms with Crippen LogP contribution >= 0.6 is 0 Å². The Kier molecular flexibility index (Phi) is 3.80. The Labute approximate surface area is 139 Å². The summed E-state index contributed by atoms with van der Waals surface area (Å²) in [5, 5.41) is 12.9. The summed E-state index contributed by atoms with van der Waals surface area (Å²) in [5.41, 5.74) is 2.01. The molecule has 6 heteroatoms. The monoisotopic (exact) mass is 319 g/mol. The van der Waals surface area contributed by atoms with E-state index in [1.54, 1.807) is 7.11 Å². The van der Waals surface area contributed by atoms with Crippen LogP contribution in [-0.2, 0) is 11.2 Å². The minimum absolute atomic E-state index is 0.582. The number of ether oxygens (including phenoxy) is 1. The zero-order valence-electron chi connectivity index (χ0n) is 13.3. The molecule has 4 rings (SSSR count). The van der Waals surface area contributed by atoms with Crippen molar-refractivity contribution in [3.05, 3.63) is 60.4 Å². The average Bonchev–Trinajstić information content (AvgIpc) is 3.04. The van der Waals surface area contributed by atoms with Crippen LogP contribution < -0.4 is 5.32 Å². The standard InChI is InChI=1S/C18H17N5O/c1-24-12-11-16-21-22-18-20-17(19-13-7-3-2-4-8-13)14-9-5-6-10-15(14)23(16)18/h2-10H,11-12H2,1H3,(H,19,20,22). The molecule has 0 radical (unpaired) electrons. The first-order valence-electron chi connectivity index (χ1n) is 7.80. The average molecular weight is 319 g/mol. The second-order valence-corrected chi connectivity index (χ2v) is 5.46. The molecule has 0 aliphatic heterocycles. The SMILES string of the molecule is COCCc1nnc2nc(Nc3ccccc3)c3ccccc3n12. The van der Waals surface area contributed by atoms with Gasteiger partial charge in [0.1, 0.15) is 11.6 Å². The van der Waals surface area contributed by atoms with Gasteiger partial charge in [0, 0.05) is 24.6 Å². The van der Waals surface area contributed by atoms with E-state index in [0.717, 1.165) is 28.2 Å². The molecule has 0 aliphatic rings. The van der Waals surface area contributed by atoms with Crippen molar-refractivity contribution in [3.63, 3.8) is 0 Å². The Morgan fingerprint density at radius 3 is 2.62 bits per heavy atom. The van der Waals surface area contributed by atoms with Crippen LogP contribution in [0.3, 0.4) is 0 Å². The maximum atomic E-state index is 5.16. The Hall–Kier alpha value is -2.99. The Bertz CT molecular complexity index is 981. The molecular formula is C18H17N5O. The first kappa shape index (κ1) is 14.6. The second-order valence-electron chi connectivity index (χ2n) is 5.46. The number of benzene rings is 2. The lowest BCUT2D eigenvalue weighted by Gasteiger charge is -2.11. The minimum Gasteiger partial charge on any atom is -0.384 e. The minimum atomic E-state index is 0.582. The summed E-state index contributed by atoms with van der Waals surface area (Å²) in [6.45, 7) is 0.596. The third-order valence-corrected chi connectivity index (χ3v) is 3.89. The van der Waals surface area contributed by atoms with Crippen molar-refractivity contribution in [2.45, 2.75) is 6.42 Å². The molecule has 0 saturated carbocycles. The van der Waals surface area contributed by atoms with E-state index in [2.05, 4.69) is 26.6 Å². The Morgan fingerprint density at radius 1 is 1.00 bits per heavy atom. The summed E-state index contributed by atoms with van der Waals surface area (Å²) in [5.74, 6) is 2.20. The van der Waals surface area contributed by atoms with Gasteiger partial charge in [-0.1, -0.05) is 30.3 Å². The zero-order valence-corrected chi connectivity index (χ0v) is 13.3. The summed E-state index contributed by atoms with van der Waals surface area (Å²) in [6.07, 6.45) is 0.689. The van der Waals surface area contributed by atoms with E-state index >= 15 is 0 Å². The van der Waals surface area contributed by atoms with E-state index in [4.69, 9.17) is 4.74 Å². The number of rotatable bonds is 5. The number of nitrogens with zero attached hydrogens (tertiary/aromatic N) is 4. The first-order valence-corrected chi connectivity index (χ1v) is 7.80. The molecule has 0 saturated heterocycles. The van der Waals surface area contributed by atoms with Crippen molar-refractivity contribution in [1.82, 2.24) is 19.6 Å². The van der Waals surface area contributed by atoms with E-state index < -0.39 is 0 Å². The predicted octanol–water partition coefficient (Wildman–Crippen LogP) is 3.21. The van der Waals surface area contributed by atoms with E-state index in [-0.39, 0.29) is 0 Å². The topological polar surface area (TPSA) is 64.3 Å². The lowest BCUT2D eigenvalue weighted by atomic mass is 10.2. The van der Waals surface area contributed by atoms with Crippen molar-refractivity contribution in [1.29, 1.82) is 0 Å². The van der Waals surface area contributed by atoms with Gasteiger partial charge in [-0.05, 0) is 24.3 Å². The van der Waals surface area contributed by atoms with Gasteiger partial charge in [0.2, 0.25) is 0 Å². The van der Waals surface area contributed by atoms with Gasteiger partial charge in [0.25, 0.3) is 5.78 Å². The molecule has 120 valence electrons. The van der Waals surface area contributed by atoms with Gasteiger partial charge in [-0.2, -0.15) is 4.98 Å². The molecule has 0 amide bonds. The highest BCUT2D eigenvalue weighted by atomic mass is 16.5. The molecule has 0 fully saturated rings. The molecule has 0 unspecified atom stereocenters. The fraction of sp³-hybridized carbons (Fsp3) is 0.167. The molecular weight excluding hydrogens is 302 g/mol. The van der Waals surface area contributed by atoms with E-state index in [1.165, 1.54) is 0 Å². The van der Waals surface area contributed by atoms with E-state index in [1.807, 2.05) is 52.9 Å².